The van der Waals surface area contributed by atoms with E-state index in [-0.39, 0.29) is 18.3 Å². The number of hydrogen-bond donors (Lipinski definition) is 1. The highest BCUT2D eigenvalue weighted by atomic mass is 19.1. The smallest absolute Gasteiger partial charge is 0.338 e. The number of aromatic nitrogens is 1. The first-order valence-corrected chi connectivity index (χ1v) is 5.71. The van der Waals surface area contributed by atoms with Crippen molar-refractivity contribution in [2.75, 3.05) is 32.1 Å². The molecule has 0 bridgehead atoms. The summed E-state index contributed by atoms with van der Waals surface area (Å²) in [4.78, 5) is 29.1. The Bertz CT molecular complexity index is 491. The van der Waals surface area contributed by atoms with E-state index in [2.05, 4.69) is 4.98 Å². The monoisotopic (exact) mass is 269 g/mol. The van der Waals surface area contributed by atoms with E-state index in [9.17, 15) is 14.0 Å². The van der Waals surface area contributed by atoms with E-state index in [1.54, 1.807) is 21.0 Å². The van der Waals surface area contributed by atoms with Crippen LogP contribution in [0.15, 0.2) is 12.3 Å². The van der Waals surface area contributed by atoms with Gasteiger partial charge in [-0.25, -0.2) is 14.2 Å². The van der Waals surface area contributed by atoms with E-state index in [0.29, 0.717) is 6.54 Å². The van der Waals surface area contributed by atoms with E-state index < -0.39 is 17.3 Å². The summed E-state index contributed by atoms with van der Waals surface area (Å²) in [6.07, 6.45) is 1.21. The first-order valence-electron chi connectivity index (χ1n) is 5.71. The normalized spacial score (nSPS) is 10.1. The Labute approximate surface area is 110 Å². The molecule has 6 nitrogen and oxygen atoms in total. The Kier molecular flexibility index (Phi) is 4.80. The maximum atomic E-state index is 14.0. The molecule has 1 heterocycles. The van der Waals surface area contributed by atoms with E-state index in [1.165, 1.54) is 16.0 Å². The fourth-order valence-corrected chi connectivity index (χ4v) is 1.46. The number of halogens is 1. The Morgan fingerprint density at radius 2 is 2.05 bits per heavy atom. The highest BCUT2D eigenvalue weighted by molar-refractivity contribution is 5.89. The van der Waals surface area contributed by atoms with E-state index >= 15 is 0 Å². The summed E-state index contributed by atoms with van der Waals surface area (Å²) in [5.41, 5.74) is -0.458. The van der Waals surface area contributed by atoms with Gasteiger partial charge in [0, 0.05) is 26.8 Å². The Balaban J connectivity index is 3.09. The molecule has 0 aliphatic rings. The molecule has 0 unspecified atom stereocenters. The minimum Gasteiger partial charge on any atom is -0.478 e. The zero-order valence-corrected chi connectivity index (χ0v) is 11.1. The average Bonchev–Trinajstić information content (AvgIpc) is 2.35. The van der Waals surface area contributed by atoms with Gasteiger partial charge in [0.15, 0.2) is 11.6 Å². The number of amides is 1. The molecular formula is C12H16FN3O3. The first kappa shape index (κ1) is 14.9. The lowest BCUT2D eigenvalue weighted by Gasteiger charge is -2.23. The number of carboxylic acid groups (broad SMARTS) is 1. The number of nitrogens with zero attached hydrogens (tertiary/aromatic N) is 3. The lowest BCUT2D eigenvalue weighted by molar-refractivity contribution is -0.127. The molecular weight excluding hydrogens is 253 g/mol. The summed E-state index contributed by atoms with van der Waals surface area (Å²) in [5.74, 6) is -2.64. The topological polar surface area (TPSA) is 73.7 Å². The van der Waals surface area contributed by atoms with Gasteiger partial charge in [0.2, 0.25) is 5.91 Å². The van der Waals surface area contributed by atoms with Gasteiger partial charge in [0.05, 0.1) is 6.54 Å². The molecule has 0 saturated heterocycles. The molecule has 0 aliphatic carbocycles. The standard InChI is InChI=1S/C12H16FN3O3/c1-4-16(7-9(17)15(2)3)11-10(13)8(12(18)19)5-6-14-11/h5-6H,4,7H2,1-3H3,(H,18,19). The van der Waals surface area contributed by atoms with E-state index in [1.807, 2.05) is 0 Å². The van der Waals surface area contributed by atoms with Gasteiger partial charge >= 0.3 is 5.97 Å². The molecule has 0 spiro atoms. The Morgan fingerprint density at radius 3 is 2.53 bits per heavy atom. The molecule has 0 aromatic carbocycles. The van der Waals surface area contributed by atoms with Crippen molar-refractivity contribution in [2.45, 2.75) is 6.92 Å². The Hall–Kier alpha value is -2.18. The zero-order valence-electron chi connectivity index (χ0n) is 11.1. The number of carbonyl (C=O) groups is 2. The summed E-state index contributed by atoms with van der Waals surface area (Å²) in [5, 5.41) is 8.85. The number of aromatic carboxylic acids is 1. The van der Waals surface area contributed by atoms with Gasteiger partial charge in [-0.15, -0.1) is 0 Å². The van der Waals surface area contributed by atoms with Crippen molar-refractivity contribution in [2.24, 2.45) is 0 Å². The molecule has 1 rings (SSSR count). The number of likely N-dealkylation sites (N-methyl/N-ethyl adjacent to an activating group) is 2. The average molecular weight is 269 g/mol. The molecule has 19 heavy (non-hydrogen) atoms. The predicted octanol–water partition coefficient (Wildman–Crippen LogP) is 0.833. The number of pyridine rings is 1. The summed E-state index contributed by atoms with van der Waals surface area (Å²) in [7, 11) is 3.18. The fraction of sp³-hybridized carbons (Fsp3) is 0.417. The van der Waals surface area contributed by atoms with Crippen molar-refractivity contribution < 1.29 is 19.1 Å². The predicted molar refractivity (Wildman–Crippen MR) is 67.7 cm³/mol. The van der Waals surface area contributed by atoms with Crippen LogP contribution in [0.3, 0.4) is 0 Å². The molecule has 1 aromatic heterocycles. The van der Waals surface area contributed by atoms with Gasteiger partial charge in [0.25, 0.3) is 0 Å². The third kappa shape index (κ3) is 3.40. The zero-order chi connectivity index (χ0) is 14.6. The highest BCUT2D eigenvalue weighted by Crippen LogP contribution is 2.19. The second-order valence-corrected chi connectivity index (χ2v) is 4.10. The molecule has 0 fully saturated rings. The van der Waals surface area contributed by atoms with Crippen LogP contribution < -0.4 is 4.90 Å². The summed E-state index contributed by atoms with van der Waals surface area (Å²) >= 11 is 0. The third-order valence-electron chi connectivity index (χ3n) is 2.61. The molecule has 0 atom stereocenters. The van der Waals surface area contributed by atoms with Crippen molar-refractivity contribution in [3.05, 3.63) is 23.6 Å². The van der Waals surface area contributed by atoms with Gasteiger partial charge in [-0.3, -0.25) is 4.79 Å². The highest BCUT2D eigenvalue weighted by Gasteiger charge is 2.21. The largest absolute Gasteiger partial charge is 0.478 e. The molecule has 0 radical (unpaired) electrons. The van der Waals surface area contributed by atoms with Gasteiger partial charge in [0.1, 0.15) is 5.56 Å². The van der Waals surface area contributed by atoms with Crippen LogP contribution in [-0.4, -0.2) is 54.1 Å². The van der Waals surface area contributed by atoms with Crippen molar-refractivity contribution in [1.82, 2.24) is 9.88 Å². The maximum absolute atomic E-state index is 14.0. The van der Waals surface area contributed by atoms with Crippen molar-refractivity contribution in [1.29, 1.82) is 0 Å². The summed E-state index contributed by atoms with van der Waals surface area (Å²) in [6.45, 7) is 2.01. The van der Waals surface area contributed by atoms with Gasteiger partial charge < -0.3 is 14.9 Å². The minimum absolute atomic E-state index is 0.0590. The molecule has 1 N–H and O–H groups in total. The van der Waals surface area contributed by atoms with Crippen molar-refractivity contribution in [3.8, 4) is 0 Å². The Morgan fingerprint density at radius 1 is 1.42 bits per heavy atom. The van der Waals surface area contributed by atoms with E-state index in [0.717, 1.165) is 6.07 Å². The maximum Gasteiger partial charge on any atom is 0.338 e. The van der Waals surface area contributed by atoms with E-state index in [4.69, 9.17) is 5.11 Å². The van der Waals surface area contributed by atoms with Crippen LogP contribution in [0.2, 0.25) is 0 Å². The molecule has 104 valence electrons. The third-order valence-corrected chi connectivity index (χ3v) is 2.61. The summed E-state index contributed by atoms with van der Waals surface area (Å²) in [6, 6.07) is 1.09. The second-order valence-electron chi connectivity index (χ2n) is 4.10. The van der Waals surface area contributed by atoms with Gasteiger partial charge in [-0.05, 0) is 13.0 Å². The lowest BCUT2D eigenvalue weighted by atomic mass is 10.2. The van der Waals surface area contributed by atoms with Crippen LogP contribution in [0.5, 0.6) is 0 Å². The molecule has 0 saturated carbocycles. The molecule has 1 amide bonds. The van der Waals surface area contributed by atoms with Gasteiger partial charge in [-0.1, -0.05) is 0 Å². The van der Waals surface area contributed by atoms with Crippen LogP contribution in [0, 0.1) is 5.82 Å². The SMILES string of the molecule is CCN(CC(=O)N(C)C)c1nccc(C(=O)O)c1F. The molecule has 7 heteroatoms. The van der Waals surface area contributed by atoms with Gasteiger partial charge in [-0.2, -0.15) is 0 Å². The van der Waals surface area contributed by atoms with Crippen molar-refractivity contribution in [3.63, 3.8) is 0 Å². The number of hydrogen-bond acceptors (Lipinski definition) is 4. The van der Waals surface area contributed by atoms with Crippen molar-refractivity contribution >= 4 is 17.7 Å². The first-order chi connectivity index (χ1) is 8.88. The van der Waals surface area contributed by atoms with Crippen LogP contribution in [0.25, 0.3) is 0 Å². The van der Waals surface area contributed by atoms with Crippen LogP contribution in [-0.2, 0) is 4.79 Å². The number of carboxylic acids is 1. The lowest BCUT2D eigenvalue weighted by Crippen LogP contribution is -2.37. The quantitative estimate of drug-likeness (QED) is 0.857. The second kappa shape index (κ2) is 6.12. The van der Waals surface area contributed by atoms with Crippen LogP contribution in [0.1, 0.15) is 17.3 Å². The van der Waals surface area contributed by atoms with Crippen LogP contribution >= 0.6 is 0 Å². The summed E-state index contributed by atoms with van der Waals surface area (Å²) < 4.78 is 14.0. The fourth-order valence-electron chi connectivity index (χ4n) is 1.46. The molecule has 0 aliphatic heterocycles. The number of anilines is 1. The minimum atomic E-state index is -1.36. The number of carbonyl (C=O) groups excluding carboxylic acids is 1. The molecule has 1 aromatic rings. The van der Waals surface area contributed by atoms with Crippen LogP contribution in [0.4, 0.5) is 10.2 Å². The number of rotatable bonds is 5.